The molecule has 3 atom stereocenters. The Labute approximate surface area is 139 Å². The fourth-order valence-electron chi connectivity index (χ4n) is 2.88. The third kappa shape index (κ3) is 2.64. The Morgan fingerprint density at radius 2 is 2.14 bits per heavy atom. The van der Waals surface area contributed by atoms with Crippen molar-refractivity contribution in [3.8, 4) is 0 Å². The van der Waals surface area contributed by atoms with Crippen molar-refractivity contribution in [3.05, 3.63) is 11.3 Å². The number of carbonyl (C=O) groups excluding carboxylic acids is 1. The van der Waals surface area contributed by atoms with Gasteiger partial charge in [-0.1, -0.05) is 15.9 Å². The molecule has 1 saturated heterocycles. The lowest BCUT2D eigenvalue weighted by atomic mass is 10.0. The summed E-state index contributed by atoms with van der Waals surface area (Å²) in [5.41, 5.74) is 1.64. The standard InChI is InChI=1S/C13H14BrClN2O3S/c14-10(15)7-5-21-12-8(16-6-3-1-2-4-6)11(18)17(12)9(7)13(19)20/h8,10,12H,1-5H2,(H,19,20)/t8-,10?,12+/m1/s1. The highest BCUT2D eigenvalue weighted by Crippen LogP contribution is 2.44. The smallest absolute Gasteiger partial charge is 0.352 e. The number of carboxylic acid groups (broad SMARTS) is 1. The Balaban J connectivity index is 1.87. The van der Waals surface area contributed by atoms with Gasteiger partial charge >= 0.3 is 5.97 Å². The molecule has 21 heavy (non-hydrogen) atoms. The molecule has 1 saturated carbocycles. The topological polar surface area (TPSA) is 70.0 Å². The number of rotatable bonds is 3. The molecule has 2 fully saturated rings. The van der Waals surface area contributed by atoms with Crippen LogP contribution < -0.4 is 0 Å². The van der Waals surface area contributed by atoms with E-state index in [0.29, 0.717) is 11.3 Å². The summed E-state index contributed by atoms with van der Waals surface area (Å²) in [5.74, 6) is -0.844. The first-order chi connectivity index (χ1) is 10.0. The molecule has 0 aromatic heterocycles. The highest BCUT2D eigenvalue weighted by molar-refractivity contribution is 9.10. The van der Waals surface area contributed by atoms with Gasteiger partial charge in [0.05, 0.1) is 0 Å². The van der Waals surface area contributed by atoms with Crippen LogP contribution in [0.1, 0.15) is 25.7 Å². The van der Waals surface area contributed by atoms with Gasteiger partial charge in [-0.2, -0.15) is 0 Å². The second kappa shape index (κ2) is 5.93. The molecule has 1 unspecified atom stereocenters. The maximum atomic E-state index is 12.3. The van der Waals surface area contributed by atoms with Gasteiger partial charge in [-0.25, -0.2) is 4.79 Å². The molecular weight excluding hydrogens is 380 g/mol. The Morgan fingerprint density at radius 3 is 2.71 bits per heavy atom. The average molecular weight is 394 g/mol. The summed E-state index contributed by atoms with van der Waals surface area (Å²) in [6, 6.07) is -0.428. The molecule has 114 valence electrons. The molecule has 3 rings (SSSR count). The van der Waals surface area contributed by atoms with Gasteiger partial charge in [-0.05, 0) is 31.3 Å². The predicted molar refractivity (Wildman–Crippen MR) is 86.0 cm³/mol. The van der Waals surface area contributed by atoms with Crippen LogP contribution in [0.4, 0.5) is 0 Å². The number of alkyl halides is 2. The summed E-state index contributed by atoms with van der Waals surface area (Å²) < 4.78 is -0.579. The summed E-state index contributed by atoms with van der Waals surface area (Å²) in [6.45, 7) is 0. The Kier molecular flexibility index (Phi) is 4.34. The quantitative estimate of drug-likeness (QED) is 0.591. The predicted octanol–water partition coefficient (Wildman–Crippen LogP) is 2.58. The van der Waals surface area contributed by atoms with Crippen LogP contribution in [0, 0.1) is 0 Å². The molecule has 2 heterocycles. The van der Waals surface area contributed by atoms with Crippen molar-refractivity contribution in [1.82, 2.24) is 4.90 Å². The van der Waals surface area contributed by atoms with Gasteiger partial charge in [0, 0.05) is 11.5 Å². The van der Waals surface area contributed by atoms with E-state index >= 15 is 0 Å². The SMILES string of the molecule is O=C(O)C1=C(C(Cl)Br)CS[C@H]2[C@H](N=C3CCCC3)C(=O)N12. The van der Waals surface area contributed by atoms with Crippen LogP contribution in [0.15, 0.2) is 16.3 Å². The third-order valence-electron chi connectivity index (χ3n) is 3.94. The first-order valence-corrected chi connectivity index (χ1v) is 9.15. The maximum absolute atomic E-state index is 12.3. The number of carbonyl (C=O) groups is 2. The van der Waals surface area contributed by atoms with E-state index < -0.39 is 16.3 Å². The first-order valence-electron chi connectivity index (χ1n) is 6.75. The summed E-state index contributed by atoms with van der Waals surface area (Å²) in [7, 11) is 0. The largest absolute Gasteiger partial charge is 0.477 e. The Hall–Kier alpha value is -0.530. The lowest BCUT2D eigenvalue weighted by Crippen LogP contribution is -2.64. The van der Waals surface area contributed by atoms with E-state index in [0.717, 1.165) is 31.4 Å². The van der Waals surface area contributed by atoms with E-state index in [4.69, 9.17) is 11.6 Å². The van der Waals surface area contributed by atoms with Crippen LogP contribution in [0.25, 0.3) is 0 Å². The zero-order valence-corrected chi connectivity index (χ0v) is 14.2. The van der Waals surface area contributed by atoms with E-state index in [1.165, 1.54) is 16.7 Å². The van der Waals surface area contributed by atoms with Gasteiger partial charge < -0.3 is 5.11 Å². The molecule has 5 nitrogen and oxygen atoms in total. The zero-order chi connectivity index (χ0) is 15.1. The van der Waals surface area contributed by atoms with Crippen molar-refractivity contribution < 1.29 is 14.7 Å². The molecule has 2 aliphatic heterocycles. The number of carboxylic acids is 1. The minimum Gasteiger partial charge on any atom is -0.477 e. The molecule has 8 heteroatoms. The summed E-state index contributed by atoms with van der Waals surface area (Å²) >= 11 is 10.7. The molecule has 0 radical (unpaired) electrons. The second-order valence-corrected chi connectivity index (χ2v) is 8.22. The third-order valence-corrected chi connectivity index (χ3v) is 6.04. The molecule has 1 N–H and O–H groups in total. The number of β-lactam (4-membered cyclic amide) rings is 1. The fraction of sp³-hybridized carbons (Fsp3) is 0.615. The second-order valence-electron chi connectivity index (χ2n) is 5.24. The number of aliphatic imine (C=N–C) groups is 1. The number of aliphatic carboxylic acids is 1. The van der Waals surface area contributed by atoms with Gasteiger partial charge in [0.1, 0.15) is 15.4 Å². The molecule has 0 aromatic rings. The van der Waals surface area contributed by atoms with Gasteiger partial charge in [0.25, 0.3) is 5.91 Å². The summed E-state index contributed by atoms with van der Waals surface area (Å²) in [5, 5.41) is 9.19. The molecule has 1 amide bonds. The normalized spacial score (nSPS) is 30.1. The lowest BCUT2D eigenvalue weighted by molar-refractivity contribution is -0.147. The van der Waals surface area contributed by atoms with Crippen molar-refractivity contribution in [1.29, 1.82) is 0 Å². The van der Waals surface area contributed by atoms with Crippen LogP contribution in [0.5, 0.6) is 0 Å². The highest BCUT2D eigenvalue weighted by atomic mass is 79.9. The summed E-state index contributed by atoms with van der Waals surface area (Å²) in [6.07, 6.45) is 4.17. The molecule has 0 aromatic carbocycles. The van der Waals surface area contributed by atoms with E-state index in [2.05, 4.69) is 20.9 Å². The maximum Gasteiger partial charge on any atom is 0.352 e. The number of fused-ring (bicyclic) bond motifs is 1. The van der Waals surface area contributed by atoms with E-state index in [-0.39, 0.29) is 17.0 Å². The number of hydrogen-bond acceptors (Lipinski definition) is 4. The van der Waals surface area contributed by atoms with E-state index in [9.17, 15) is 14.7 Å². The number of halogens is 2. The molecule has 3 aliphatic rings. The average Bonchev–Trinajstić information content (AvgIpc) is 2.95. The van der Waals surface area contributed by atoms with Crippen molar-refractivity contribution in [2.75, 3.05) is 5.75 Å². The fourth-order valence-corrected chi connectivity index (χ4v) is 5.12. The van der Waals surface area contributed by atoms with Crippen LogP contribution in [-0.4, -0.2) is 49.0 Å². The molecule has 0 spiro atoms. The minimum absolute atomic E-state index is 0.0171. The van der Waals surface area contributed by atoms with Crippen molar-refractivity contribution in [3.63, 3.8) is 0 Å². The first kappa shape index (κ1) is 15.4. The van der Waals surface area contributed by atoms with Crippen LogP contribution in [-0.2, 0) is 9.59 Å². The molecular formula is C13H14BrClN2O3S. The Bertz CT molecular complexity index is 556. The molecule has 1 aliphatic carbocycles. The summed E-state index contributed by atoms with van der Waals surface area (Å²) in [4.78, 5) is 29.7. The van der Waals surface area contributed by atoms with Crippen LogP contribution >= 0.6 is 39.3 Å². The highest BCUT2D eigenvalue weighted by Gasteiger charge is 2.54. The number of nitrogens with zero attached hydrogens (tertiary/aromatic N) is 2. The number of amides is 1. The van der Waals surface area contributed by atoms with E-state index in [1.54, 1.807) is 0 Å². The van der Waals surface area contributed by atoms with Crippen molar-refractivity contribution in [2.24, 2.45) is 4.99 Å². The van der Waals surface area contributed by atoms with Gasteiger partial charge in [-0.3, -0.25) is 14.7 Å². The van der Waals surface area contributed by atoms with Gasteiger partial charge in [0.2, 0.25) is 0 Å². The zero-order valence-electron chi connectivity index (χ0n) is 11.1. The number of thioether (sulfide) groups is 1. The van der Waals surface area contributed by atoms with Gasteiger partial charge in [-0.15, -0.1) is 23.4 Å². The van der Waals surface area contributed by atoms with Crippen LogP contribution in [0.2, 0.25) is 0 Å². The van der Waals surface area contributed by atoms with E-state index in [1.807, 2.05) is 0 Å². The monoisotopic (exact) mass is 392 g/mol. The minimum atomic E-state index is -1.11. The van der Waals surface area contributed by atoms with Crippen molar-refractivity contribution in [2.45, 2.75) is 41.4 Å². The van der Waals surface area contributed by atoms with Gasteiger partial charge in [0.15, 0.2) is 6.04 Å². The van der Waals surface area contributed by atoms with Crippen molar-refractivity contribution >= 4 is 56.9 Å². The number of hydrogen-bond donors (Lipinski definition) is 1. The van der Waals surface area contributed by atoms with Crippen LogP contribution in [0.3, 0.4) is 0 Å². The Morgan fingerprint density at radius 1 is 1.48 bits per heavy atom. The molecule has 0 bridgehead atoms. The lowest BCUT2D eigenvalue weighted by Gasteiger charge is -2.48.